The molecule has 3 rings (SSSR count). The van der Waals surface area contributed by atoms with Gasteiger partial charge in [-0.2, -0.15) is 0 Å². The number of methoxy groups -OCH3 is 1. The number of hydrogen-bond acceptors (Lipinski definition) is 2. The highest BCUT2D eigenvalue weighted by atomic mass is 16.5. The Kier molecular flexibility index (Phi) is 2.44. The van der Waals surface area contributed by atoms with E-state index in [1.807, 2.05) is 0 Å². The maximum Gasteiger partial charge on any atom is 0.119 e. The summed E-state index contributed by atoms with van der Waals surface area (Å²) in [5, 5.41) is 0. The molecule has 0 radical (unpaired) electrons. The summed E-state index contributed by atoms with van der Waals surface area (Å²) < 4.78 is 5.37. The van der Waals surface area contributed by atoms with Gasteiger partial charge in [0.05, 0.1) is 7.11 Å². The molecule has 2 atom stereocenters. The van der Waals surface area contributed by atoms with Crippen molar-refractivity contribution in [2.24, 2.45) is 0 Å². The number of piperidine rings is 1. The predicted octanol–water partition coefficient (Wildman–Crippen LogP) is 2.60. The zero-order valence-electron chi connectivity index (χ0n) is 11.0. The van der Waals surface area contributed by atoms with Gasteiger partial charge in [0.1, 0.15) is 5.75 Å². The van der Waals surface area contributed by atoms with E-state index < -0.39 is 0 Å². The third-order valence-corrected chi connectivity index (χ3v) is 4.75. The summed E-state index contributed by atoms with van der Waals surface area (Å²) in [6.45, 7) is 3.64. The Morgan fingerprint density at radius 1 is 1.41 bits per heavy atom. The third kappa shape index (κ3) is 1.66. The average molecular weight is 231 g/mol. The van der Waals surface area contributed by atoms with E-state index in [1.54, 1.807) is 7.11 Å². The SMILES string of the molecule is COc1ccc2c(c1)[C@]1(C)CCN(C)[C@H](C2)C1. The van der Waals surface area contributed by atoms with Crippen LogP contribution in [0.2, 0.25) is 0 Å². The minimum absolute atomic E-state index is 0.360. The molecule has 2 aliphatic rings. The van der Waals surface area contributed by atoms with E-state index in [4.69, 9.17) is 4.74 Å². The minimum atomic E-state index is 0.360. The maximum absolute atomic E-state index is 5.37. The van der Waals surface area contributed by atoms with Gasteiger partial charge in [0.2, 0.25) is 0 Å². The largest absolute Gasteiger partial charge is 0.497 e. The van der Waals surface area contributed by atoms with E-state index in [1.165, 1.54) is 36.9 Å². The summed E-state index contributed by atoms with van der Waals surface area (Å²) in [4.78, 5) is 2.52. The molecule has 1 saturated heterocycles. The van der Waals surface area contributed by atoms with Gasteiger partial charge < -0.3 is 9.64 Å². The Morgan fingerprint density at radius 2 is 2.24 bits per heavy atom. The lowest BCUT2D eigenvalue weighted by atomic mass is 9.65. The fourth-order valence-corrected chi connectivity index (χ4v) is 3.53. The zero-order valence-corrected chi connectivity index (χ0v) is 11.0. The van der Waals surface area contributed by atoms with Crippen LogP contribution in [0, 0.1) is 0 Å². The molecule has 17 heavy (non-hydrogen) atoms. The fourth-order valence-electron chi connectivity index (χ4n) is 3.53. The zero-order chi connectivity index (χ0) is 12.0. The Hall–Kier alpha value is -1.02. The van der Waals surface area contributed by atoms with Crippen LogP contribution in [0.5, 0.6) is 5.75 Å². The van der Waals surface area contributed by atoms with Crippen molar-refractivity contribution in [2.45, 2.75) is 37.6 Å². The highest BCUT2D eigenvalue weighted by Crippen LogP contribution is 2.45. The Labute approximate surface area is 104 Å². The molecule has 2 nitrogen and oxygen atoms in total. The van der Waals surface area contributed by atoms with Crippen molar-refractivity contribution in [3.8, 4) is 5.75 Å². The second-order valence-corrected chi connectivity index (χ2v) is 5.88. The molecule has 1 aliphatic heterocycles. The monoisotopic (exact) mass is 231 g/mol. The first kappa shape index (κ1) is 11.1. The molecule has 1 heterocycles. The molecular formula is C15H21NO. The number of benzene rings is 1. The smallest absolute Gasteiger partial charge is 0.119 e. The number of rotatable bonds is 1. The summed E-state index contributed by atoms with van der Waals surface area (Å²) in [5.74, 6) is 1.00. The van der Waals surface area contributed by atoms with E-state index in [0.29, 0.717) is 5.41 Å². The van der Waals surface area contributed by atoms with E-state index in [-0.39, 0.29) is 0 Å². The molecule has 0 saturated carbocycles. The van der Waals surface area contributed by atoms with Crippen LogP contribution in [0.15, 0.2) is 18.2 Å². The molecule has 1 fully saturated rings. The molecular weight excluding hydrogens is 210 g/mol. The Bertz CT molecular complexity index is 443. The van der Waals surface area contributed by atoms with Crippen LogP contribution in [-0.4, -0.2) is 31.6 Å². The van der Waals surface area contributed by atoms with Crippen molar-refractivity contribution in [3.63, 3.8) is 0 Å². The second-order valence-electron chi connectivity index (χ2n) is 5.88. The van der Waals surface area contributed by atoms with Crippen molar-refractivity contribution in [1.29, 1.82) is 0 Å². The van der Waals surface area contributed by atoms with Crippen LogP contribution in [0.3, 0.4) is 0 Å². The van der Waals surface area contributed by atoms with Crippen LogP contribution in [0.25, 0.3) is 0 Å². The minimum Gasteiger partial charge on any atom is -0.497 e. The van der Waals surface area contributed by atoms with Gasteiger partial charge in [0.15, 0.2) is 0 Å². The number of ether oxygens (including phenoxy) is 1. The quantitative estimate of drug-likeness (QED) is 0.736. The average Bonchev–Trinajstić information content (AvgIpc) is 2.34. The summed E-state index contributed by atoms with van der Waals surface area (Å²) in [6, 6.07) is 7.35. The van der Waals surface area contributed by atoms with Crippen LogP contribution in [0.4, 0.5) is 0 Å². The summed E-state index contributed by atoms with van der Waals surface area (Å²) in [6.07, 6.45) is 3.76. The van der Waals surface area contributed by atoms with E-state index >= 15 is 0 Å². The highest BCUT2D eigenvalue weighted by Gasteiger charge is 2.41. The standard InChI is InChI=1S/C15H21NO/c1-15-6-7-16(2)12(10-15)8-11-4-5-13(17-3)9-14(11)15/h4-5,9,12H,6-8,10H2,1-3H3/t12-,15-/m1/s1. The van der Waals surface area contributed by atoms with E-state index in [0.717, 1.165) is 11.8 Å². The van der Waals surface area contributed by atoms with Gasteiger partial charge in [-0.3, -0.25) is 0 Å². The molecule has 1 aromatic carbocycles. The van der Waals surface area contributed by atoms with Crippen molar-refractivity contribution < 1.29 is 4.74 Å². The molecule has 2 heteroatoms. The number of likely N-dealkylation sites (tertiary alicyclic amines) is 1. The molecule has 0 aromatic heterocycles. The van der Waals surface area contributed by atoms with Crippen LogP contribution < -0.4 is 4.74 Å². The van der Waals surface area contributed by atoms with Gasteiger partial charge in [-0.05, 0) is 61.5 Å². The van der Waals surface area contributed by atoms with Gasteiger partial charge in [-0.15, -0.1) is 0 Å². The van der Waals surface area contributed by atoms with E-state index in [2.05, 4.69) is 37.1 Å². The summed E-state index contributed by atoms with van der Waals surface area (Å²) in [7, 11) is 4.02. The van der Waals surface area contributed by atoms with Gasteiger partial charge >= 0.3 is 0 Å². The fraction of sp³-hybridized carbons (Fsp3) is 0.600. The lowest BCUT2D eigenvalue weighted by Gasteiger charge is -2.48. The second kappa shape index (κ2) is 3.74. The topological polar surface area (TPSA) is 12.5 Å². The Balaban J connectivity index is 2.07. The molecule has 1 aromatic rings. The van der Waals surface area contributed by atoms with Crippen molar-refractivity contribution >= 4 is 0 Å². The first-order valence-corrected chi connectivity index (χ1v) is 6.50. The normalized spacial score (nSPS) is 32.1. The van der Waals surface area contributed by atoms with Crippen LogP contribution in [-0.2, 0) is 11.8 Å². The van der Waals surface area contributed by atoms with Gasteiger partial charge in [-0.1, -0.05) is 13.0 Å². The molecule has 0 amide bonds. The molecule has 0 unspecified atom stereocenters. The number of likely N-dealkylation sites (N-methyl/N-ethyl adjacent to an activating group) is 1. The van der Waals surface area contributed by atoms with Crippen LogP contribution in [0.1, 0.15) is 30.9 Å². The predicted molar refractivity (Wildman–Crippen MR) is 69.7 cm³/mol. The van der Waals surface area contributed by atoms with Gasteiger partial charge in [0.25, 0.3) is 0 Å². The first-order valence-electron chi connectivity index (χ1n) is 6.50. The molecule has 92 valence electrons. The lowest BCUT2D eigenvalue weighted by Crippen LogP contribution is -2.50. The Morgan fingerprint density at radius 3 is 3.00 bits per heavy atom. The first-order chi connectivity index (χ1) is 8.12. The summed E-state index contributed by atoms with van der Waals surface area (Å²) in [5.41, 5.74) is 3.41. The maximum atomic E-state index is 5.37. The molecule has 1 aliphatic carbocycles. The highest BCUT2D eigenvalue weighted by molar-refractivity contribution is 5.43. The lowest BCUT2D eigenvalue weighted by molar-refractivity contribution is 0.113. The number of nitrogens with zero attached hydrogens (tertiary/aromatic N) is 1. The number of hydrogen-bond donors (Lipinski definition) is 0. The third-order valence-electron chi connectivity index (χ3n) is 4.75. The van der Waals surface area contributed by atoms with Gasteiger partial charge in [0, 0.05) is 6.04 Å². The van der Waals surface area contributed by atoms with Gasteiger partial charge in [-0.25, -0.2) is 0 Å². The number of fused-ring (bicyclic) bond motifs is 4. The van der Waals surface area contributed by atoms with Crippen molar-refractivity contribution in [3.05, 3.63) is 29.3 Å². The molecule has 2 bridgehead atoms. The van der Waals surface area contributed by atoms with E-state index in [9.17, 15) is 0 Å². The van der Waals surface area contributed by atoms with Crippen molar-refractivity contribution in [2.75, 3.05) is 20.7 Å². The van der Waals surface area contributed by atoms with Crippen LogP contribution >= 0.6 is 0 Å². The van der Waals surface area contributed by atoms with Crippen molar-refractivity contribution in [1.82, 2.24) is 4.90 Å². The molecule has 0 N–H and O–H groups in total. The molecule has 0 spiro atoms. The summed E-state index contributed by atoms with van der Waals surface area (Å²) >= 11 is 0.